The number of benzene rings is 2. The van der Waals surface area contributed by atoms with E-state index in [4.69, 9.17) is 10.00 Å². The molecule has 0 saturated heterocycles. The van der Waals surface area contributed by atoms with Gasteiger partial charge in [-0.15, -0.1) is 0 Å². The van der Waals surface area contributed by atoms with Crippen LogP contribution in [-0.4, -0.2) is 6.61 Å². The van der Waals surface area contributed by atoms with E-state index in [-0.39, 0.29) is 18.5 Å². The van der Waals surface area contributed by atoms with E-state index in [0.29, 0.717) is 12.3 Å². The molecule has 4 heteroatoms. The number of nitrogens with zero attached hydrogens (tertiary/aromatic N) is 1. The van der Waals surface area contributed by atoms with Crippen LogP contribution >= 0.6 is 0 Å². The van der Waals surface area contributed by atoms with Crippen molar-refractivity contribution in [2.45, 2.75) is 19.5 Å². The second-order valence-corrected chi connectivity index (χ2v) is 4.75. The summed E-state index contributed by atoms with van der Waals surface area (Å²) in [5, 5.41) is 11.8. The molecule has 0 saturated carbocycles. The van der Waals surface area contributed by atoms with Gasteiger partial charge >= 0.3 is 0 Å². The van der Waals surface area contributed by atoms with Crippen LogP contribution in [0.2, 0.25) is 0 Å². The number of nitrogens with one attached hydrogen (secondary N) is 1. The summed E-state index contributed by atoms with van der Waals surface area (Å²) in [5.41, 5.74) is 2.02. The lowest BCUT2D eigenvalue weighted by Crippen LogP contribution is -2.18. The Bertz CT molecular complexity index is 619. The number of rotatable bonds is 6. The highest BCUT2D eigenvalue weighted by Crippen LogP contribution is 2.16. The molecule has 2 aromatic rings. The molecule has 108 valence electrons. The summed E-state index contributed by atoms with van der Waals surface area (Å²) >= 11 is 0. The summed E-state index contributed by atoms with van der Waals surface area (Å²) in [5.74, 6) is 0.457. The molecular weight excluding hydrogens is 267 g/mol. The fourth-order valence-corrected chi connectivity index (χ4v) is 1.98. The third-order valence-corrected chi connectivity index (χ3v) is 3.19. The van der Waals surface area contributed by atoms with Crippen LogP contribution in [-0.2, 0) is 6.54 Å². The van der Waals surface area contributed by atoms with E-state index in [9.17, 15) is 4.39 Å². The normalized spacial score (nSPS) is 11.7. The van der Waals surface area contributed by atoms with Gasteiger partial charge in [0.1, 0.15) is 17.6 Å². The van der Waals surface area contributed by atoms with Crippen molar-refractivity contribution in [1.29, 1.82) is 5.26 Å². The van der Waals surface area contributed by atoms with Gasteiger partial charge in [-0.2, -0.15) is 5.26 Å². The minimum atomic E-state index is -0.222. The topological polar surface area (TPSA) is 45.0 Å². The Morgan fingerprint density at radius 3 is 2.67 bits per heavy atom. The summed E-state index contributed by atoms with van der Waals surface area (Å²) in [6, 6.07) is 16.1. The van der Waals surface area contributed by atoms with E-state index in [2.05, 4.69) is 5.32 Å². The van der Waals surface area contributed by atoms with Crippen molar-refractivity contribution in [3.05, 3.63) is 65.5 Å². The number of hydrogen-bond acceptors (Lipinski definition) is 3. The van der Waals surface area contributed by atoms with Gasteiger partial charge in [-0.05, 0) is 42.3 Å². The van der Waals surface area contributed by atoms with Crippen molar-refractivity contribution < 1.29 is 9.13 Å². The lowest BCUT2D eigenvalue weighted by atomic mass is 10.1. The zero-order valence-corrected chi connectivity index (χ0v) is 11.8. The molecule has 1 N–H and O–H groups in total. The average molecular weight is 284 g/mol. The van der Waals surface area contributed by atoms with Crippen molar-refractivity contribution in [3.8, 4) is 11.8 Å². The zero-order valence-electron chi connectivity index (χ0n) is 11.8. The fourth-order valence-electron chi connectivity index (χ4n) is 1.98. The first-order valence-corrected chi connectivity index (χ1v) is 6.76. The van der Waals surface area contributed by atoms with Crippen LogP contribution in [0.25, 0.3) is 0 Å². The number of nitriles is 1. The van der Waals surface area contributed by atoms with Crippen molar-refractivity contribution in [1.82, 2.24) is 5.32 Å². The van der Waals surface area contributed by atoms with Crippen LogP contribution in [0.4, 0.5) is 4.39 Å². The van der Waals surface area contributed by atoms with Crippen molar-refractivity contribution in [2.24, 2.45) is 0 Å². The van der Waals surface area contributed by atoms with Crippen molar-refractivity contribution in [3.63, 3.8) is 0 Å². The first kappa shape index (κ1) is 15.0. The average Bonchev–Trinajstić information content (AvgIpc) is 2.51. The van der Waals surface area contributed by atoms with Crippen LogP contribution in [0.5, 0.6) is 5.75 Å². The summed E-state index contributed by atoms with van der Waals surface area (Å²) < 4.78 is 18.4. The second kappa shape index (κ2) is 7.41. The predicted octanol–water partition coefficient (Wildman–Crippen LogP) is 3.58. The van der Waals surface area contributed by atoms with Gasteiger partial charge < -0.3 is 10.1 Å². The molecule has 0 aliphatic heterocycles. The van der Waals surface area contributed by atoms with Gasteiger partial charge in [0.2, 0.25) is 0 Å². The van der Waals surface area contributed by atoms with Gasteiger partial charge in [0.25, 0.3) is 0 Å². The van der Waals surface area contributed by atoms with Gasteiger partial charge in [0, 0.05) is 12.6 Å². The highest BCUT2D eigenvalue weighted by molar-refractivity contribution is 5.27. The molecule has 21 heavy (non-hydrogen) atoms. The molecule has 3 nitrogen and oxygen atoms in total. The molecule has 0 aromatic heterocycles. The molecule has 0 bridgehead atoms. The van der Waals surface area contributed by atoms with Crippen LogP contribution in [0.3, 0.4) is 0 Å². The molecule has 0 aliphatic rings. The monoisotopic (exact) mass is 284 g/mol. The Morgan fingerprint density at radius 1 is 1.24 bits per heavy atom. The van der Waals surface area contributed by atoms with Gasteiger partial charge in [-0.1, -0.05) is 24.3 Å². The molecule has 2 rings (SSSR count). The maximum absolute atomic E-state index is 13.2. The molecule has 1 atom stereocenters. The lowest BCUT2D eigenvalue weighted by Gasteiger charge is -2.14. The molecule has 0 radical (unpaired) electrons. The molecule has 0 fully saturated rings. The van der Waals surface area contributed by atoms with E-state index in [1.54, 1.807) is 6.07 Å². The quantitative estimate of drug-likeness (QED) is 0.882. The van der Waals surface area contributed by atoms with Gasteiger partial charge in [0.15, 0.2) is 6.61 Å². The molecule has 0 heterocycles. The minimum Gasteiger partial charge on any atom is -0.479 e. The largest absolute Gasteiger partial charge is 0.479 e. The first-order valence-electron chi connectivity index (χ1n) is 6.76. The maximum Gasteiger partial charge on any atom is 0.174 e. The van der Waals surface area contributed by atoms with Gasteiger partial charge in [-0.3, -0.25) is 0 Å². The Hall–Kier alpha value is -2.38. The summed E-state index contributed by atoms with van der Waals surface area (Å²) in [4.78, 5) is 0. The maximum atomic E-state index is 13.2. The Balaban J connectivity index is 1.89. The SMILES string of the molecule is C[C@H](NCc1ccc(OCC#N)cc1)c1cccc(F)c1. The Labute approximate surface area is 124 Å². The fraction of sp³-hybridized carbons (Fsp3) is 0.235. The van der Waals surface area contributed by atoms with E-state index in [1.165, 1.54) is 12.1 Å². The highest BCUT2D eigenvalue weighted by Gasteiger charge is 2.05. The molecule has 2 aromatic carbocycles. The minimum absolute atomic E-state index is 0.0498. The van der Waals surface area contributed by atoms with E-state index in [1.807, 2.05) is 43.3 Å². The molecule has 0 amide bonds. The predicted molar refractivity (Wildman–Crippen MR) is 79.2 cm³/mol. The molecule has 0 aliphatic carbocycles. The van der Waals surface area contributed by atoms with Crippen LogP contribution in [0, 0.1) is 17.1 Å². The molecule has 0 unspecified atom stereocenters. The standard InChI is InChI=1S/C17H17FN2O/c1-13(15-3-2-4-16(18)11-15)20-12-14-5-7-17(8-6-14)21-10-9-19/h2-8,11,13,20H,10,12H2,1H3/t13-/m0/s1. The highest BCUT2D eigenvalue weighted by atomic mass is 19.1. The number of halogens is 1. The second-order valence-electron chi connectivity index (χ2n) is 4.75. The number of ether oxygens (including phenoxy) is 1. The smallest absolute Gasteiger partial charge is 0.174 e. The summed E-state index contributed by atoms with van der Waals surface area (Å²) in [7, 11) is 0. The Kier molecular flexibility index (Phi) is 5.30. The third kappa shape index (κ3) is 4.59. The zero-order chi connectivity index (χ0) is 15.1. The van der Waals surface area contributed by atoms with E-state index in [0.717, 1.165) is 11.1 Å². The first-order chi connectivity index (χ1) is 10.2. The van der Waals surface area contributed by atoms with Crippen LogP contribution in [0.1, 0.15) is 24.1 Å². The summed E-state index contributed by atoms with van der Waals surface area (Å²) in [6.07, 6.45) is 0. The lowest BCUT2D eigenvalue weighted by molar-refractivity contribution is 0.368. The number of hydrogen-bond donors (Lipinski definition) is 1. The summed E-state index contributed by atoms with van der Waals surface area (Å²) in [6.45, 7) is 2.73. The molecular formula is C17H17FN2O. The van der Waals surface area contributed by atoms with Gasteiger partial charge in [-0.25, -0.2) is 4.39 Å². The van der Waals surface area contributed by atoms with Crippen molar-refractivity contribution in [2.75, 3.05) is 6.61 Å². The van der Waals surface area contributed by atoms with Gasteiger partial charge in [0.05, 0.1) is 0 Å². The Morgan fingerprint density at radius 2 is 2.00 bits per heavy atom. The van der Waals surface area contributed by atoms with Crippen LogP contribution < -0.4 is 10.1 Å². The van der Waals surface area contributed by atoms with Crippen LogP contribution in [0.15, 0.2) is 48.5 Å². The van der Waals surface area contributed by atoms with E-state index < -0.39 is 0 Å². The van der Waals surface area contributed by atoms with Crippen molar-refractivity contribution >= 4 is 0 Å². The molecule has 0 spiro atoms. The third-order valence-electron chi connectivity index (χ3n) is 3.19. The van der Waals surface area contributed by atoms with E-state index >= 15 is 0 Å².